The van der Waals surface area contributed by atoms with E-state index in [-0.39, 0.29) is 6.10 Å². The van der Waals surface area contributed by atoms with Crippen molar-refractivity contribution in [3.8, 4) is 0 Å². The van der Waals surface area contributed by atoms with Crippen LogP contribution in [-0.2, 0) is 0 Å². The van der Waals surface area contributed by atoms with Gasteiger partial charge >= 0.3 is 0 Å². The van der Waals surface area contributed by atoms with Gasteiger partial charge in [0.2, 0.25) is 0 Å². The molecule has 0 aliphatic heterocycles. The normalized spacial score (nSPS) is 12.9. The van der Waals surface area contributed by atoms with E-state index < -0.39 is 0 Å². The second-order valence-electron chi connectivity index (χ2n) is 9.02. The van der Waals surface area contributed by atoms with Crippen molar-refractivity contribution in [2.45, 2.75) is 110 Å². The number of aliphatic hydroxyl groups is 1. The van der Waals surface area contributed by atoms with Crippen LogP contribution in [0.1, 0.15) is 116 Å². The summed E-state index contributed by atoms with van der Waals surface area (Å²) in [6.45, 7) is 18.0. The molecule has 2 heteroatoms. The van der Waals surface area contributed by atoms with Gasteiger partial charge in [0.1, 0.15) is 0 Å². The standard InChI is InChI=1S/C25H42OS/c1-17(2)12-10-9-11-13-22(26)16-27-25-23(19(5)6)14-21(18(3)4)15-24(25)20(7)8/h12,14-15,18-20,22,26H,9-11,13,16H2,1-8H3. The van der Waals surface area contributed by atoms with Gasteiger partial charge in [-0.2, -0.15) is 0 Å². The number of hydrogen-bond donors (Lipinski definition) is 1. The number of allylic oxidation sites excluding steroid dienone is 2. The number of unbranched alkanes of at least 4 members (excludes halogenated alkanes) is 2. The molecule has 1 N–H and O–H groups in total. The molecular weight excluding hydrogens is 348 g/mol. The van der Waals surface area contributed by atoms with E-state index in [2.05, 4.69) is 73.6 Å². The minimum atomic E-state index is -0.216. The molecule has 0 saturated carbocycles. The highest BCUT2D eigenvalue weighted by atomic mass is 32.2. The van der Waals surface area contributed by atoms with E-state index in [4.69, 9.17) is 0 Å². The van der Waals surface area contributed by atoms with E-state index in [9.17, 15) is 5.11 Å². The van der Waals surface area contributed by atoms with Gasteiger partial charge in [-0.25, -0.2) is 0 Å². The third kappa shape index (κ3) is 8.44. The average molecular weight is 391 g/mol. The Balaban J connectivity index is 2.81. The number of benzene rings is 1. The second-order valence-corrected chi connectivity index (χ2v) is 10.1. The second kappa shape index (κ2) is 12.0. The molecule has 1 aromatic carbocycles. The summed E-state index contributed by atoms with van der Waals surface area (Å²) >= 11 is 1.87. The molecule has 1 atom stereocenters. The first-order chi connectivity index (χ1) is 12.6. The van der Waals surface area contributed by atoms with Gasteiger partial charge < -0.3 is 5.11 Å². The minimum absolute atomic E-state index is 0.216. The van der Waals surface area contributed by atoms with Crippen LogP contribution >= 0.6 is 11.8 Å². The molecule has 0 aliphatic rings. The van der Waals surface area contributed by atoms with E-state index in [0.717, 1.165) is 25.0 Å². The summed E-state index contributed by atoms with van der Waals surface area (Å²) in [4.78, 5) is 1.41. The molecule has 1 unspecified atom stereocenters. The van der Waals surface area contributed by atoms with Crippen molar-refractivity contribution in [2.24, 2.45) is 0 Å². The van der Waals surface area contributed by atoms with E-state index in [1.807, 2.05) is 11.8 Å². The Morgan fingerprint density at radius 1 is 0.926 bits per heavy atom. The summed E-state index contributed by atoms with van der Waals surface area (Å²) in [5.74, 6) is 2.35. The molecule has 1 aromatic rings. The minimum Gasteiger partial charge on any atom is -0.392 e. The van der Waals surface area contributed by atoms with Crippen LogP contribution in [-0.4, -0.2) is 17.0 Å². The molecule has 0 radical (unpaired) electrons. The third-order valence-electron chi connectivity index (χ3n) is 5.04. The van der Waals surface area contributed by atoms with Gasteiger partial charge in [-0.05, 0) is 67.6 Å². The first kappa shape index (κ1) is 24.3. The largest absolute Gasteiger partial charge is 0.392 e. The van der Waals surface area contributed by atoms with Gasteiger partial charge in [-0.3, -0.25) is 0 Å². The number of thioether (sulfide) groups is 1. The molecule has 0 bridgehead atoms. The van der Waals surface area contributed by atoms with Crippen molar-refractivity contribution in [1.29, 1.82) is 0 Å². The zero-order valence-corrected chi connectivity index (χ0v) is 19.7. The van der Waals surface area contributed by atoms with Crippen molar-refractivity contribution in [2.75, 3.05) is 5.75 Å². The first-order valence-electron chi connectivity index (χ1n) is 10.7. The molecule has 27 heavy (non-hydrogen) atoms. The monoisotopic (exact) mass is 390 g/mol. The smallest absolute Gasteiger partial charge is 0.0634 e. The number of aliphatic hydroxyl groups excluding tert-OH is 1. The topological polar surface area (TPSA) is 20.2 Å². The molecule has 0 fully saturated rings. The third-order valence-corrected chi connectivity index (χ3v) is 6.36. The lowest BCUT2D eigenvalue weighted by Gasteiger charge is -2.23. The van der Waals surface area contributed by atoms with E-state index in [0.29, 0.717) is 17.8 Å². The van der Waals surface area contributed by atoms with E-state index >= 15 is 0 Å². The quantitative estimate of drug-likeness (QED) is 0.234. The maximum absolute atomic E-state index is 10.5. The SMILES string of the molecule is CC(C)=CCCCCC(O)CSc1c(C(C)C)cc(C(C)C)cc1C(C)C. The summed E-state index contributed by atoms with van der Waals surface area (Å²) in [7, 11) is 0. The predicted molar refractivity (Wildman–Crippen MR) is 123 cm³/mol. The van der Waals surface area contributed by atoms with Gasteiger partial charge in [0.15, 0.2) is 0 Å². The average Bonchev–Trinajstić information content (AvgIpc) is 2.58. The molecule has 0 saturated heterocycles. The fourth-order valence-corrected chi connectivity index (χ4v) is 4.68. The summed E-state index contributed by atoms with van der Waals surface area (Å²) in [6, 6.07) is 4.80. The van der Waals surface area contributed by atoms with E-state index in [1.165, 1.54) is 33.6 Å². The molecule has 1 nitrogen and oxygen atoms in total. The van der Waals surface area contributed by atoms with Crippen molar-refractivity contribution >= 4 is 11.8 Å². The van der Waals surface area contributed by atoms with Crippen molar-refractivity contribution < 1.29 is 5.11 Å². The maximum Gasteiger partial charge on any atom is 0.0634 e. The van der Waals surface area contributed by atoms with Crippen molar-refractivity contribution in [1.82, 2.24) is 0 Å². The molecule has 0 aromatic heterocycles. The lowest BCUT2D eigenvalue weighted by Crippen LogP contribution is -2.11. The molecular formula is C25H42OS. The fourth-order valence-electron chi connectivity index (χ4n) is 3.23. The van der Waals surface area contributed by atoms with Crippen molar-refractivity contribution in [3.05, 3.63) is 40.5 Å². The zero-order valence-electron chi connectivity index (χ0n) is 18.9. The van der Waals surface area contributed by atoms with Crippen molar-refractivity contribution in [3.63, 3.8) is 0 Å². The van der Waals surface area contributed by atoms with Crippen LogP contribution in [0, 0.1) is 0 Å². The molecule has 0 spiro atoms. The molecule has 154 valence electrons. The van der Waals surface area contributed by atoms with Gasteiger partial charge in [-0.1, -0.05) is 71.7 Å². The number of hydrogen-bond acceptors (Lipinski definition) is 2. The Bertz CT molecular complexity index is 565. The van der Waals surface area contributed by atoms with Crippen LogP contribution in [0.2, 0.25) is 0 Å². The van der Waals surface area contributed by atoms with Gasteiger partial charge in [0.05, 0.1) is 6.10 Å². The van der Waals surface area contributed by atoms with Crippen LogP contribution < -0.4 is 0 Å². The Labute approximate surface area is 173 Å². The van der Waals surface area contributed by atoms with Gasteiger partial charge in [-0.15, -0.1) is 11.8 Å². The highest BCUT2D eigenvalue weighted by Crippen LogP contribution is 2.38. The Kier molecular flexibility index (Phi) is 10.8. The summed E-state index contributed by atoms with van der Waals surface area (Å²) in [5, 5.41) is 10.5. The molecule has 0 amide bonds. The summed E-state index contributed by atoms with van der Waals surface area (Å²) < 4.78 is 0. The molecule has 0 aliphatic carbocycles. The Hall–Kier alpha value is -0.730. The lowest BCUT2D eigenvalue weighted by atomic mass is 9.89. The maximum atomic E-state index is 10.5. The number of rotatable bonds is 11. The lowest BCUT2D eigenvalue weighted by molar-refractivity contribution is 0.185. The highest BCUT2D eigenvalue weighted by molar-refractivity contribution is 7.99. The Morgan fingerprint density at radius 2 is 1.48 bits per heavy atom. The van der Waals surface area contributed by atoms with Crippen LogP contribution in [0.4, 0.5) is 0 Å². The molecule has 1 rings (SSSR count). The van der Waals surface area contributed by atoms with Crippen LogP contribution in [0.25, 0.3) is 0 Å². The van der Waals surface area contributed by atoms with E-state index in [1.54, 1.807) is 0 Å². The van der Waals surface area contributed by atoms with Gasteiger partial charge in [0, 0.05) is 10.6 Å². The van der Waals surface area contributed by atoms with Crippen LogP contribution in [0.5, 0.6) is 0 Å². The first-order valence-corrected chi connectivity index (χ1v) is 11.7. The Morgan fingerprint density at radius 3 is 1.93 bits per heavy atom. The summed E-state index contributed by atoms with van der Waals surface area (Å²) in [6.07, 6.45) is 6.39. The fraction of sp³-hybridized carbons (Fsp3) is 0.680. The molecule has 0 heterocycles. The summed E-state index contributed by atoms with van der Waals surface area (Å²) in [5.41, 5.74) is 5.72. The van der Waals surface area contributed by atoms with Crippen LogP contribution in [0.3, 0.4) is 0 Å². The highest BCUT2D eigenvalue weighted by Gasteiger charge is 2.18. The zero-order chi connectivity index (χ0) is 20.6. The van der Waals surface area contributed by atoms with Gasteiger partial charge in [0.25, 0.3) is 0 Å². The van der Waals surface area contributed by atoms with Crippen LogP contribution in [0.15, 0.2) is 28.7 Å². The predicted octanol–water partition coefficient (Wildman–Crippen LogP) is 8.04.